The van der Waals surface area contributed by atoms with Gasteiger partial charge in [-0.1, -0.05) is 6.07 Å². The zero-order chi connectivity index (χ0) is 16.7. The molecule has 5 nitrogen and oxygen atoms in total. The van der Waals surface area contributed by atoms with Gasteiger partial charge in [0.15, 0.2) is 0 Å². The van der Waals surface area contributed by atoms with Gasteiger partial charge in [0.25, 0.3) is 5.91 Å². The topological polar surface area (TPSA) is 58.4 Å². The van der Waals surface area contributed by atoms with Crippen LogP contribution in [0.5, 0.6) is 0 Å². The Morgan fingerprint density at radius 2 is 2.17 bits per heavy atom. The highest BCUT2D eigenvalue weighted by Crippen LogP contribution is 2.34. The molecule has 0 spiro atoms. The molecule has 3 aromatic rings. The first-order chi connectivity index (χ1) is 11.6. The summed E-state index contributed by atoms with van der Waals surface area (Å²) >= 11 is 0. The minimum absolute atomic E-state index is 0.188. The number of halogens is 1. The Bertz CT molecular complexity index is 931. The van der Waals surface area contributed by atoms with Crippen LogP contribution in [-0.4, -0.2) is 28.9 Å². The van der Waals surface area contributed by atoms with E-state index in [1.807, 2.05) is 13.0 Å². The second-order valence-electron chi connectivity index (χ2n) is 5.93. The van der Waals surface area contributed by atoms with E-state index in [1.165, 1.54) is 6.07 Å². The molecule has 0 unspecified atom stereocenters. The summed E-state index contributed by atoms with van der Waals surface area (Å²) in [7, 11) is 0. The van der Waals surface area contributed by atoms with Gasteiger partial charge in [-0.05, 0) is 37.1 Å². The molecule has 1 amide bonds. The van der Waals surface area contributed by atoms with Crippen LogP contribution in [0.2, 0.25) is 0 Å². The smallest absolute Gasteiger partial charge is 0.291 e. The van der Waals surface area contributed by atoms with Gasteiger partial charge in [-0.15, -0.1) is 0 Å². The molecular formula is C18H16FN3O2. The summed E-state index contributed by atoms with van der Waals surface area (Å²) in [5.74, 6) is -0.374. The molecule has 1 saturated heterocycles. The zero-order valence-electron chi connectivity index (χ0n) is 13.2. The Morgan fingerprint density at radius 1 is 1.33 bits per heavy atom. The Kier molecular flexibility index (Phi) is 3.45. The first-order valence-corrected chi connectivity index (χ1v) is 7.82. The van der Waals surface area contributed by atoms with Crippen molar-refractivity contribution in [3.8, 4) is 0 Å². The number of nitrogens with zero attached hydrogens (tertiary/aromatic N) is 2. The molecule has 0 radical (unpaired) electrons. The molecule has 1 aliphatic heterocycles. The molecule has 0 aliphatic carbocycles. The number of benzene rings is 1. The number of furan rings is 1. The lowest BCUT2D eigenvalue weighted by molar-refractivity contribution is 0.0622. The van der Waals surface area contributed by atoms with Crippen molar-refractivity contribution in [2.45, 2.75) is 13.3 Å². The molecule has 6 heteroatoms. The predicted octanol–water partition coefficient (Wildman–Crippen LogP) is 3.86. The number of aromatic nitrogens is 1. The molecule has 1 aliphatic rings. The van der Waals surface area contributed by atoms with Gasteiger partial charge in [-0.2, -0.15) is 0 Å². The Balaban J connectivity index is 1.81. The maximum absolute atomic E-state index is 14.2. The molecule has 122 valence electrons. The number of likely N-dealkylation sites (tertiary alicyclic amines) is 1. The number of anilines is 2. The van der Waals surface area contributed by atoms with Gasteiger partial charge in [-0.25, -0.2) is 4.39 Å². The Labute approximate surface area is 138 Å². The molecule has 1 aromatic carbocycles. The highest BCUT2D eigenvalue weighted by molar-refractivity contribution is 6.07. The van der Waals surface area contributed by atoms with Crippen molar-refractivity contribution in [1.82, 2.24) is 9.88 Å². The third-order valence-corrected chi connectivity index (χ3v) is 4.21. The van der Waals surface area contributed by atoms with Gasteiger partial charge in [-0.3, -0.25) is 9.78 Å². The van der Waals surface area contributed by atoms with Gasteiger partial charge < -0.3 is 14.6 Å². The summed E-state index contributed by atoms with van der Waals surface area (Å²) in [6.45, 7) is 3.25. The summed E-state index contributed by atoms with van der Waals surface area (Å²) in [5.41, 5.74) is 2.13. The van der Waals surface area contributed by atoms with Crippen LogP contribution in [0.1, 0.15) is 22.5 Å². The number of rotatable bonds is 3. The number of hydrogen-bond donors (Lipinski definition) is 1. The number of aryl methyl sites for hydroxylation is 1. The summed E-state index contributed by atoms with van der Waals surface area (Å²) in [6, 6.07) is 6.60. The highest BCUT2D eigenvalue weighted by Gasteiger charge is 2.29. The van der Waals surface area contributed by atoms with Gasteiger partial charge in [0.05, 0.1) is 11.1 Å². The molecular weight excluding hydrogens is 309 g/mol. The minimum Gasteiger partial charge on any atom is -0.448 e. The lowest BCUT2D eigenvalue weighted by Gasteiger charge is -2.30. The largest absolute Gasteiger partial charge is 0.448 e. The van der Waals surface area contributed by atoms with Crippen LogP contribution in [0, 0.1) is 12.7 Å². The molecule has 0 atom stereocenters. The fourth-order valence-corrected chi connectivity index (χ4v) is 2.74. The summed E-state index contributed by atoms with van der Waals surface area (Å²) in [4.78, 5) is 18.4. The first kappa shape index (κ1) is 14.7. The highest BCUT2D eigenvalue weighted by atomic mass is 19.1. The Hall–Kier alpha value is -2.89. The molecule has 2 aromatic heterocycles. The molecule has 1 N–H and O–H groups in total. The van der Waals surface area contributed by atoms with Crippen LogP contribution in [0.4, 0.5) is 15.8 Å². The summed E-state index contributed by atoms with van der Waals surface area (Å²) in [5, 5.41) is 3.67. The lowest BCUT2D eigenvalue weighted by atomic mass is 10.1. The number of hydrogen-bond acceptors (Lipinski definition) is 4. The average molecular weight is 325 g/mol. The van der Waals surface area contributed by atoms with Crippen LogP contribution in [0.25, 0.3) is 11.0 Å². The molecule has 3 heterocycles. The zero-order valence-corrected chi connectivity index (χ0v) is 13.2. The Morgan fingerprint density at radius 3 is 2.88 bits per heavy atom. The number of nitrogens with one attached hydrogen (secondary N) is 1. The van der Waals surface area contributed by atoms with E-state index in [0.717, 1.165) is 12.0 Å². The van der Waals surface area contributed by atoms with E-state index >= 15 is 0 Å². The van der Waals surface area contributed by atoms with Crippen LogP contribution < -0.4 is 5.32 Å². The second-order valence-corrected chi connectivity index (χ2v) is 5.93. The first-order valence-electron chi connectivity index (χ1n) is 7.82. The quantitative estimate of drug-likeness (QED) is 0.794. The maximum Gasteiger partial charge on any atom is 0.291 e. The average Bonchev–Trinajstić information content (AvgIpc) is 2.87. The molecule has 0 bridgehead atoms. The maximum atomic E-state index is 14.2. The van der Waals surface area contributed by atoms with E-state index in [9.17, 15) is 9.18 Å². The molecule has 24 heavy (non-hydrogen) atoms. The predicted molar refractivity (Wildman–Crippen MR) is 88.9 cm³/mol. The third kappa shape index (κ3) is 2.40. The number of fused-ring (bicyclic) bond motifs is 1. The van der Waals surface area contributed by atoms with E-state index in [4.69, 9.17) is 4.42 Å². The van der Waals surface area contributed by atoms with Gasteiger partial charge in [0.1, 0.15) is 17.1 Å². The molecule has 1 fully saturated rings. The van der Waals surface area contributed by atoms with E-state index in [1.54, 1.807) is 29.4 Å². The second kappa shape index (κ2) is 5.63. The van der Waals surface area contributed by atoms with E-state index in [0.29, 0.717) is 35.4 Å². The van der Waals surface area contributed by atoms with Crippen molar-refractivity contribution in [2.75, 3.05) is 18.4 Å². The normalized spacial score (nSPS) is 13.8. The summed E-state index contributed by atoms with van der Waals surface area (Å²) < 4.78 is 19.9. The fourth-order valence-electron chi connectivity index (χ4n) is 2.74. The van der Waals surface area contributed by atoms with Crippen molar-refractivity contribution in [3.63, 3.8) is 0 Å². The van der Waals surface area contributed by atoms with Crippen molar-refractivity contribution in [3.05, 3.63) is 53.8 Å². The van der Waals surface area contributed by atoms with E-state index in [2.05, 4.69) is 10.3 Å². The number of pyridine rings is 1. The summed E-state index contributed by atoms with van der Waals surface area (Å²) in [6.07, 6.45) is 4.20. The standard InChI is InChI=1S/C18H16FN3O2/c1-11-3-4-14(13(19)9-11)21-16-12-10-20-6-5-15(12)24-17(16)18(23)22-7-2-8-22/h3-6,9-10,21H,2,7-8H2,1H3. The monoisotopic (exact) mass is 325 g/mol. The lowest BCUT2D eigenvalue weighted by Crippen LogP contribution is -2.42. The van der Waals surface area contributed by atoms with Gasteiger partial charge in [0, 0.05) is 25.5 Å². The fraction of sp³-hybridized carbons (Fsp3) is 0.222. The van der Waals surface area contributed by atoms with Crippen LogP contribution in [-0.2, 0) is 0 Å². The number of carbonyl (C=O) groups excluding carboxylic acids is 1. The third-order valence-electron chi connectivity index (χ3n) is 4.21. The van der Waals surface area contributed by atoms with E-state index in [-0.39, 0.29) is 17.5 Å². The van der Waals surface area contributed by atoms with Crippen molar-refractivity contribution in [1.29, 1.82) is 0 Å². The van der Waals surface area contributed by atoms with Crippen LogP contribution in [0.3, 0.4) is 0 Å². The molecule has 0 saturated carbocycles. The number of carbonyl (C=O) groups is 1. The van der Waals surface area contributed by atoms with Crippen molar-refractivity contribution >= 4 is 28.3 Å². The van der Waals surface area contributed by atoms with Gasteiger partial charge >= 0.3 is 0 Å². The van der Waals surface area contributed by atoms with Crippen molar-refractivity contribution in [2.24, 2.45) is 0 Å². The van der Waals surface area contributed by atoms with Crippen LogP contribution >= 0.6 is 0 Å². The van der Waals surface area contributed by atoms with Gasteiger partial charge in [0.2, 0.25) is 5.76 Å². The SMILES string of the molecule is Cc1ccc(Nc2c(C(=O)N3CCC3)oc3ccncc23)c(F)c1. The van der Waals surface area contributed by atoms with Crippen molar-refractivity contribution < 1.29 is 13.6 Å². The van der Waals surface area contributed by atoms with E-state index < -0.39 is 0 Å². The number of amides is 1. The minimum atomic E-state index is -0.379. The van der Waals surface area contributed by atoms with Crippen LogP contribution in [0.15, 0.2) is 41.1 Å². The molecule has 4 rings (SSSR count).